The average Bonchev–Trinajstić information content (AvgIpc) is 2.98. The van der Waals surface area contributed by atoms with Gasteiger partial charge in [-0.3, -0.25) is 4.98 Å². The van der Waals surface area contributed by atoms with Crippen LogP contribution in [0.15, 0.2) is 48.8 Å². The fraction of sp³-hybridized carbons (Fsp3) is 0.0714. The predicted molar refractivity (Wildman–Crippen MR) is 71.6 cm³/mol. The van der Waals surface area contributed by atoms with Gasteiger partial charge in [0.15, 0.2) is 0 Å². The first kappa shape index (κ1) is 11.4. The molecule has 2 aromatic heterocycles. The summed E-state index contributed by atoms with van der Waals surface area (Å²) in [7, 11) is 1.65. The van der Waals surface area contributed by atoms with Crippen LogP contribution in [-0.2, 0) is 0 Å². The molecule has 0 unspecified atom stereocenters. The van der Waals surface area contributed by atoms with Gasteiger partial charge in [-0.2, -0.15) is 15.4 Å². The summed E-state index contributed by atoms with van der Waals surface area (Å²) in [6.45, 7) is 0. The van der Waals surface area contributed by atoms with Crippen molar-refractivity contribution in [2.75, 3.05) is 7.11 Å². The highest BCUT2D eigenvalue weighted by atomic mass is 16.5. The molecule has 3 aromatic rings. The minimum atomic E-state index is 0.790. The highest BCUT2D eigenvalue weighted by Crippen LogP contribution is 2.28. The van der Waals surface area contributed by atoms with E-state index in [0.29, 0.717) is 0 Å². The number of hydrogen-bond acceptors (Lipinski definition) is 4. The quantitative estimate of drug-likeness (QED) is 0.778. The van der Waals surface area contributed by atoms with Crippen LogP contribution in [0.2, 0.25) is 0 Å². The lowest BCUT2D eigenvalue weighted by atomic mass is 10.1. The molecular weight excluding hydrogens is 240 g/mol. The second-order valence-corrected chi connectivity index (χ2v) is 3.99. The number of nitrogens with zero attached hydrogens (tertiary/aromatic N) is 3. The number of benzene rings is 1. The standard InChI is InChI=1S/C14H12N4O/c1-19-12-6-4-10(5-7-12)13-14(17-18-16-13)11-3-2-8-15-9-11/h2-9H,1H3,(H,16,17,18). The van der Waals surface area contributed by atoms with E-state index in [9.17, 15) is 0 Å². The van der Waals surface area contributed by atoms with Gasteiger partial charge in [0.1, 0.15) is 17.1 Å². The van der Waals surface area contributed by atoms with Crippen molar-refractivity contribution in [2.24, 2.45) is 0 Å². The van der Waals surface area contributed by atoms with Crippen molar-refractivity contribution in [3.05, 3.63) is 48.8 Å². The van der Waals surface area contributed by atoms with E-state index in [1.54, 1.807) is 19.5 Å². The lowest BCUT2D eigenvalue weighted by Gasteiger charge is -2.02. The zero-order chi connectivity index (χ0) is 13.1. The third-order valence-electron chi connectivity index (χ3n) is 2.85. The Hall–Kier alpha value is -2.69. The van der Waals surface area contributed by atoms with Crippen molar-refractivity contribution in [1.82, 2.24) is 20.4 Å². The lowest BCUT2D eigenvalue weighted by molar-refractivity contribution is 0.415. The van der Waals surface area contributed by atoms with Crippen LogP contribution in [0.4, 0.5) is 0 Å². The molecule has 0 saturated carbocycles. The number of ether oxygens (including phenoxy) is 1. The summed E-state index contributed by atoms with van der Waals surface area (Å²) >= 11 is 0. The van der Waals surface area contributed by atoms with E-state index in [2.05, 4.69) is 20.4 Å². The molecule has 0 amide bonds. The third-order valence-corrected chi connectivity index (χ3v) is 2.85. The molecule has 0 saturated heterocycles. The van der Waals surface area contributed by atoms with E-state index in [0.717, 1.165) is 28.3 Å². The van der Waals surface area contributed by atoms with Gasteiger partial charge in [0.25, 0.3) is 0 Å². The Morgan fingerprint density at radius 1 is 0.947 bits per heavy atom. The number of pyridine rings is 1. The molecule has 0 aliphatic carbocycles. The van der Waals surface area contributed by atoms with Gasteiger partial charge in [0.2, 0.25) is 0 Å². The van der Waals surface area contributed by atoms with E-state index in [4.69, 9.17) is 4.74 Å². The Bertz CT molecular complexity index is 661. The summed E-state index contributed by atoms with van der Waals surface area (Å²) in [4.78, 5) is 4.10. The molecule has 5 nitrogen and oxygen atoms in total. The second-order valence-electron chi connectivity index (χ2n) is 3.99. The minimum absolute atomic E-state index is 0.790. The second kappa shape index (κ2) is 4.89. The molecular formula is C14H12N4O. The van der Waals surface area contributed by atoms with E-state index in [1.165, 1.54) is 0 Å². The Labute approximate surface area is 110 Å². The molecule has 0 atom stereocenters. The maximum Gasteiger partial charge on any atom is 0.122 e. The average molecular weight is 252 g/mol. The van der Waals surface area contributed by atoms with Gasteiger partial charge in [-0.05, 0) is 36.4 Å². The number of aromatic amines is 1. The highest BCUT2D eigenvalue weighted by Gasteiger charge is 2.12. The molecule has 1 aromatic carbocycles. The van der Waals surface area contributed by atoms with Crippen molar-refractivity contribution < 1.29 is 4.74 Å². The zero-order valence-corrected chi connectivity index (χ0v) is 10.4. The predicted octanol–water partition coefficient (Wildman–Crippen LogP) is 2.54. The maximum absolute atomic E-state index is 5.15. The van der Waals surface area contributed by atoms with Crippen molar-refractivity contribution in [3.8, 4) is 28.3 Å². The first-order valence-electron chi connectivity index (χ1n) is 5.84. The van der Waals surface area contributed by atoms with Gasteiger partial charge in [-0.15, -0.1) is 0 Å². The lowest BCUT2D eigenvalue weighted by Crippen LogP contribution is -1.86. The molecule has 0 fully saturated rings. The van der Waals surface area contributed by atoms with Crippen LogP contribution >= 0.6 is 0 Å². The van der Waals surface area contributed by atoms with Crippen LogP contribution in [0, 0.1) is 0 Å². The zero-order valence-electron chi connectivity index (χ0n) is 10.4. The van der Waals surface area contributed by atoms with Gasteiger partial charge < -0.3 is 4.74 Å². The molecule has 0 radical (unpaired) electrons. The number of H-pyrrole nitrogens is 1. The largest absolute Gasteiger partial charge is 0.497 e. The molecule has 0 aliphatic heterocycles. The van der Waals surface area contributed by atoms with Gasteiger partial charge in [-0.25, -0.2) is 0 Å². The number of rotatable bonds is 3. The van der Waals surface area contributed by atoms with Crippen molar-refractivity contribution >= 4 is 0 Å². The Morgan fingerprint density at radius 2 is 1.68 bits per heavy atom. The van der Waals surface area contributed by atoms with Gasteiger partial charge in [0, 0.05) is 23.5 Å². The summed E-state index contributed by atoms with van der Waals surface area (Å²) in [6.07, 6.45) is 3.50. The summed E-state index contributed by atoms with van der Waals surface area (Å²) < 4.78 is 5.15. The molecule has 5 heteroatoms. The molecule has 2 heterocycles. The van der Waals surface area contributed by atoms with Crippen molar-refractivity contribution in [3.63, 3.8) is 0 Å². The molecule has 0 bridgehead atoms. The Kier molecular flexibility index (Phi) is 2.94. The minimum Gasteiger partial charge on any atom is -0.497 e. The topological polar surface area (TPSA) is 63.7 Å². The number of methoxy groups -OCH3 is 1. The molecule has 0 spiro atoms. The smallest absolute Gasteiger partial charge is 0.122 e. The highest BCUT2D eigenvalue weighted by molar-refractivity contribution is 5.77. The molecule has 1 N–H and O–H groups in total. The Morgan fingerprint density at radius 3 is 2.32 bits per heavy atom. The fourth-order valence-corrected chi connectivity index (χ4v) is 1.89. The SMILES string of the molecule is COc1ccc(-c2n[nH]nc2-c2cccnc2)cc1. The molecule has 0 aliphatic rings. The normalized spacial score (nSPS) is 10.4. The first-order valence-corrected chi connectivity index (χ1v) is 5.84. The summed E-state index contributed by atoms with van der Waals surface area (Å²) in [5.74, 6) is 0.815. The van der Waals surface area contributed by atoms with Crippen LogP contribution in [0.3, 0.4) is 0 Å². The molecule has 3 rings (SSSR count). The number of aromatic nitrogens is 4. The van der Waals surface area contributed by atoms with E-state index >= 15 is 0 Å². The van der Waals surface area contributed by atoms with Crippen LogP contribution in [0.25, 0.3) is 22.5 Å². The summed E-state index contributed by atoms with van der Waals surface area (Å²) in [5.41, 5.74) is 3.50. The van der Waals surface area contributed by atoms with E-state index < -0.39 is 0 Å². The van der Waals surface area contributed by atoms with Crippen molar-refractivity contribution in [2.45, 2.75) is 0 Å². The maximum atomic E-state index is 5.15. The van der Waals surface area contributed by atoms with Crippen LogP contribution in [0.5, 0.6) is 5.75 Å². The fourth-order valence-electron chi connectivity index (χ4n) is 1.89. The number of hydrogen-bond donors (Lipinski definition) is 1. The van der Waals surface area contributed by atoms with Crippen LogP contribution < -0.4 is 4.74 Å². The Balaban J connectivity index is 2.04. The van der Waals surface area contributed by atoms with Gasteiger partial charge in [0.05, 0.1) is 7.11 Å². The van der Waals surface area contributed by atoms with E-state index in [-0.39, 0.29) is 0 Å². The molecule has 94 valence electrons. The molecule has 19 heavy (non-hydrogen) atoms. The summed E-state index contributed by atoms with van der Waals surface area (Å²) in [5, 5.41) is 11.1. The van der Waals surface area contributed by atoms with Gasteiger partial charge >= 0.3 is 0 Å². The first-order chi connectivity index (χ1) is 9.38. The third kappa shape index (κ3) is 2.18. The summed E-state index contributed by atoms with van der Waals surface area (Å²) in [6, 6.07) is 11.5. The van der Waals surface area contributed by atoms with Gasteiger partial charge in [-0.1, -0.05) is 0 Å². The monoisotopic (exact) mass is 252 g/mol. The van der Waals surface area contributed by atoms with Crippen molar-refractivity contribution in [1.29, 1.82) is 0 Å². The van der Waals surface area contributed by atoms with Crippen LogP contribution in [0.1, 0.15) is 0 Å². The van der Waals surface area contributed by atoms with Crippen LogP contribution in [-0.4, -0.2) is 27.5 Å². The van der Waals surface area contributed by atoms with E-state index in [1.807, 2.05) is 36.4 Å². The number of nitrogens with one attached hydrogen (secondary N) is 1.